The van der Waals surface area contributed by atoms with E-state index in [1.807, 2.05) is 13.8 Å². The van der Waals surface area contributed by atoms with Crippen molar-refractivity contribution >= 4 is 11.9 Å². The molecule has 0 spiro atoms. The number of amides is 2. The van der Waals surface area contributed by atoms with Gasteiger partial charge < -0.3 is 20.1 Å². The van der Waals surface area contributed by atoms with Gasteiger partial charge in [0.1, 0.15) is 5.84 Å². The Labute approximate surface area is 95.4 Å². The first-order chi connectivity index (χ1) is 7.51. The molecule has 2 N–H and O–H groups in total. The molecule has 0 saturated heterocycles. The first-order valence-corrected chi connectivity index (χ1v) is 5.23. The van der Waals surface area contributed by atoms with E-state index in [0.29, 0.717) is 12.3 Å². The van der Waals surface area contributed by atoms with Crippen LogP contribution >= 0.6 is 0 Å². The zero-order chi connectivity index (χ0) is 12.3. The molecule has 16 heavy (non-hydrogen) atoms. The standard InChI is InChI=1S/C10H19N3O3/c1-6(2)13-7(5-8(15-3)16-4)9(11)12-10(13)14/h6-8H,5H2,1-4H3,(H2,11,12,14). The predicted octanol–water partition coefficient (Wildman–Crippen LogP) is 0.565. The number of carbonyl (C=O) groups excluding carboxylic acids is 1. The van der Waals surface area contributed by atoms with Crippen molar-refractivity contribution in [2.24, 2.45) is 10.7 Å². The van der Waals surface area contributed by atoms with Crippen molar-refractivity contribution in [1.82, 2.24) is 4.90 Å². The highest BCUT2D eigenvalue weighted by Crippen LogP contribution is 2.20. The molecule has 1 atom stereocenters. The van der Waals surface area contributed by atoms with Crippen molar-refractivity contribution in [2.75, 3.05) is 14.2 Å². The Hall–Kier alpha value is -1.14. The largest absolute Gasteiger partial charge is 0.385 e. The molecule has 0 saturated carbocycles. The van der Waals surface area contributed by atoms with E-state index in [1.165, 1.54) is 0 Å². The Morgan fingerprint density at radius 2 is 2.00 bits per heavy atom. The zero-order valence-corrected chi connectivity index (χ0v) is 10.1. The smallest absolute Gasteiger partial charge is 0.346 e. The third-order valence-corrected chi connectivity index (χ3v) is 2.62. The van der Waals surface area contributed by atoms with E-state index in [9.17, 15) is 4.79 Å². The van der Waals surface area contributed by atoms with Crippen molar-refractivity contribution in [2.45, 2.75) is 38.6 Å². The number of nitrogens with zero attached hydrogens (tertiary/aromatic N) is 2. The maximum Gasteiger partial charge on any atom is 0.346 e. The monoisotopic (exact) mass is 229 g/mol. The van der Waals surface area contributed by atoms with Gasteiger partial charge in [-0.25, -0.2) is 4.79 Å². The van der Waals surface area contributed by atoms with Crippen LogP contribution in [0.5, 0.6) is 0 Å². The second kappa shape index (κ2) is 5.27. The molecule has 6 nitrogen and oxygen atoms in total. The highest BCUT2D eigenvalue weighted by Gasteiger charge is 2.36. The molecule has 2 amide bonds. The van der Waals surface area contributed by atoms with Gasteiger partial charge in [0.05, 0.1) is 6.04 Å². The molecule has 1 aliphatic heterocycles. The van der Waals surface area contributed by atoms with Crippen molar-refractivity contribution in [3.05, 3.63) is 0 Å². The topological polar surface area (TPSA) is 77.2 Å². The van der Waals surface area contributed by atoms with Gasteiger partial charge in [0.2, 0.25) is 0 Å². The number of aliphatic imine (C=N–C) groups is 1. The van der Waals surface area contributed by atoms with Crippen LogP contribution in [-0.2, 0) is 9.47 Å². The summed E-state index contributed by atoms with van der Waals surface area (Å²) >= 11 is 0. The number of urea groups is 1. The second-order valence-corrected chi connectivity index (χ2v) is 3.97. The number of rotatable bonds is 5. The number of nitrogens with two attached hydrogens (primary N) is 1. The zero-order valence-electron chi connectivity index (χ0n) is 10.1. The molecule has 1 rings (SSSR count). The first kappa shape index (κ1) is 12.9. The molecular weight excluding hydrogens is 210 g/mol. The van der Waals surface area contributed by atoms with Crippen molar-refractivity contribution in [3.63, 3.8) is 0 Å². The highest BCUT2D eigenvalue weighted by atomic mass is 16.7. The van der Waals surface area contributed by atoms with E-state index in [1.54, 1.807) is 19.1 Å². The van der Waals surface area contributed by atoms with E-state index in [2.05, 4.69) is 4.99 Å². The van der Waals surface area contributed by atoms with Crippen LogP contribution in [0.2, 0.25) is 0 Å². The molecule has 0 bridgehead atoms. The fraction of sp³-hybridized carbons (Fsp3) is 0.800. The Kier molecular flexibility index (Phi) is 4.26. The number of amidine groups is 1. The Morgan fingerprint density at radius 3 is 2.44 bits per heavy atom. The third-order valence-electron chi connectivity index (χ3n) is 2.62. The molecule has 0 radical (unpaired) electrons. The summed E-state index contributed by atoms with van der Waals surface area (Å²) in [5.74, 6) is 0.331. The lowest BCUT2D eigenvalue weighted by Crippen LogP contribution is -2.46. The summed E-state index contributed by atoms with van der Waals surface area (Å²) in [6.45, 7) is 3.85. The Balaban J connectivity index is 2.76. The van der Waals surface area contributed by atoms with Crippen LogP contribution in [0.15, 0.2) is 4.99 Å². The molecular formula is C10H19N3O3. The van der Waals surface area contributed by atoms with E-state index in [-0.39, 0.29) is 24.4 Å². The lowest BCUT2D eigenvalue weighted by molar-refractivity contribution is -0.111. The Morgan fingerprint density at radius 1 is 1.44 bits per heavy atom. The fourth-order valence-corrected chi connectivity index (χ4v) is 1.80. The normalized spacial score (nSPS) is 21.1. The number of carbonyl (C=O) groups is 1. The molecule has 1 unspecified atom stereocenters. The van der Waals surface area contributed by atoms with Gasteiger partial charge >= 0.3 is 6.03 Å². The summed E-state index contributed by atoms with van der Waals surface area (Å²) < 4.78 is 10.2. The SMILES string of the molecule is COC(CC1C(N)=NC(=O)N1C(C)C)OC. The maximum atomic E-state index is 11.6. The summed E-state index contributed by atoms with van der Waals surface area (Å²) in [5, 5.41) is 0. The van der Waals surface area contributed by atoms with Gasteiger partial charge in [-0.05, 0) is 13.8 Å². The molecule has 0 fully saturated rings. The van der Waals surface area contributed by atoms with Gasteiger partial charge in [-0.15, -0.1) is 0 Å². The van der Waals surface area contributed by atoms with Crippen LogP contribution < -0.4 is 5.73 Å². The summed E-state index contributed by atoms with van der Waals surface area (Å²) in [5.41, 5.74) is 5.73. The molecule has 0 aromatic heterocycles. The fourth-order valence-electron chi connectivity index (χ4n) is 1.80. The molecule has 92 valence electrons. The van der Waals surface area contributed by atoms with Crippen molar-refractivity contribution in [1.29, 1.82) is 0 Å². The van der Waals surface area contributed by atoms with E-state index < -0.39 is 0 Å². The minimum Gasteiger partial charge on any atom is -0.385 e. The average Bonchev–Trinajstić information content (AvgIpc) is 2.49. The molecule has 1 aliphatic rings. The van der Waals surface area contributed by atoms with E-state index in [0.717, 1.165) is 0 Å². The van der Waals surface area contributed by atoms with Gasteiger partial charge in [-0.3, -0.25) is 0 Å². The molecule has 6 heteroatoms. The van der Waals surface area contributed by atoms with Crippen LogP contribution in [0.4, 0.5) is 4.79 Å². The minimum atomic E-state index is -0.383. The number of ether oxygens (including phenoxy) is 2. The summed E-state index contributed by atoms with van der Waals surface area (Å²) in [7, 11) is 3.11. The lowest BCUT2D eigenvalue weighted by Gasteiger charge is -2.29. The van der Waals surface area contributed by atoms with Crippen LogP contribution in [-0.4, -0.2) is 49.4 Å². The molecule has 0 aromatic carbocycles. The van der Waals surface area contributed by atoms with Gasteiger partial charge in [-0.1, -0.05) is 0 Å². The third kappa shape index (κ3) is 2.51. The summed E-state index contributed by atoms with van der Waals surface area (Å²) in [6.07, 6.45) is 0.109. The van der Waals surface area contributed by atoms with Crippen molar-refractivity contribution < 1.29 is 14.3 Å². The van der Waals surface area contributed by atoms with Crippen LogP contribution in [0.3, 0.4) is 0 Å². The summed E-state index contributed by atoms with van der Waals surface area (Å²) in [6, 6.07) is -0.475. The maximum absolute atomic E-state index is 11.6. The number of hydrogen-bond donors (Lipinski definition) is 1. The first-order valence-electron chi connectivity index (χ1n) is 5.23. The predicted molar refractivity (Wildman–Crippen MR) is 60.2 cm³/mol. The van der Waals surface area contributed by atoms with E-state index in [4.69, 9.17) is 15.2 Å². The minimum absolute atomic E-state index is 0.0525. The van der Waals surface area contributed by atoms with Gasteiger partial charge in [0, 0.05) is 26.7 Å². The molecule has 1 heterocycles. The quantitative estimate of drug-likeness (QED) is 0.699. The lowest BCUT2D eigenvalue weighted by atomic mass is 10.1. The van der Waals surface area contributed by atoms with E-state index >= 15 is 0 Å². The van der Waals surface area contributed by atoms with Crippen molar-refractivity contribution in [3.8, 4) is 0 Å². The van der Waals surface area contributed by atoms with Crippen LogP contribution in [0.1, 0.15) is 20.3 Å². The average molecular weight is 229 g/mol. The molecule has 0 aromatic rings. The molecule has 0 aliphatic carbocycles. The highest BCUT2D eigenvalue weighted by molar-refractivity contribution is 6.02. The van der Waals surface area contributed by atoms with Crippen LogP contribution in [0, 0.1) is 0 Å². The number of methoxy groups -OCH3 is 2. The van der Waals surface area contributed by atoms with Gasteiger partial charge in [0.15, 0.2) is 6.29 Å². The number of hydrogen-bond acceptors (Lipinski definition) is 4. The van der Waals surface area contributed by atoms with Gasteiger partial charge in [0.25, 0.3) is 0 Å². The van der Waals surface area contributed by atoms with Crippen LogP contribution in [0.25, 0.3) is 0 Å². The second-order valence-electron chi connectivity index (χ2n) is 3.97. The summed E-state index contributed by atoms with van der Waals surface area (Å²) in [4.78, 5) is 17.0. The van der Waals surface area contributed by atoms with Gasteiger partial charge in [-0.2, -0.15) is 4.99 Å². The Bertz CT molecular complexity index is 287.